The molecule has 9 heteroatoms. The molecule has 0 radical (unpaired) electrons. The number of benzene rings is 3. The standard InChI is InChI=1S/C31H39N3O5S/c1-6-28(30(36)32-31(2,3)4)33(22-21-24-13-9-7-10-14-24)29(35)23-34(25-15-11-8-12-16-25)40(37,38)27-19-17-26(39-5)18-20-27/h7-20,28H,6,21-23H2,1-5H3,(H,32,36)/t28-/m1/s1. The predicted molar refractivity (Wildman–Crippen MR) is 158 cm³/mol. The van der Waals surface area contributed by atoms with Crippen molar-refractivity contribution in [2.75, 3.05) is 24.5 Å². The summed E-state index contributed by atoms with van der Waals surface area (Å²) in [6.45, 7) is 7.28. The Morgan fingerprint density at radius 2 is 1.48 bits per heavy atom. The maximum atomic E-state index is 14.0. The van der Waals surface area contributed by atoms with Crippen LogP contribution >= 0.6 is 0 Å². The van der Waals surface area contributed by atoms with E-state index in [1.165, 1.54) is 24.1 Å². The molecule has 0 spiro atoms. The van der Waals surface area contributed by atoms with E-state index in [9.17, 15) is 18.0 Å². The highest BCUT2D eigenvalue weighted by atomic mass is 32.2. The van der Waals surface area contributed by atoms with Gasteiger partial charge < -0.3 is 15.0 Å². The molecule has 0 unspecified atom stereocenters. The molecule has 40 heavy (non-hydrogen) atoms. The third-order valence-electron chi connectivity index (χ3n) is 6.34. The monoisotopic (exact) mass is 565 g/mol. The van der Waals surface area contributed by atoms with Crippen LogP contribution in [0.25, 0.3) is 0 Å². The van der Waals surface area contributed by atoms with Crippen molar-refractivity contribution in [2.45, 2.75) is 57.0 Å². The topological polar surface area (TPSA) is 96.0 Å². The van der Waals surface area contributed by atoms with E-state index in [0.717, 1.165) is 9.87 Å². The number of hydrogen-bond donors (Lipinski definition) is 1. The minimum atomic E-state index is -4.13. The van der Waals surface area contributed by atoms with E-state index in [2.05, 4.69) is 5.32 Å². The van der Waals surface area contributed by atoms with Crippen molar-refractivity contribution in [3.63, 3.8) is 0 Å². The second-order valence-electron chi connectivity index (χ2n) is 10.5. The van der Waals surface area contributed by atoms with Crippen LogP contribution in [-0.4, -0.2) is 56.9 Å². The van der Waals surface area contributed by atoms with Gasteiger partial charge in [-0.15, -0.1) is 0 Å². The van der Waals surface area contributed by atoms with Gasteiger partial charge in [-0.2, -0.15) is 0 Å². The van der Waals surface area contributed by atoms with Crippen molar-refractivity contribution >= 4 is 27.5 Å². The van der Waals surface area contributed by atoms with Gasteiger partial charge in [0.25, 0.3) is 10.0 Å². The van der Waals surface area contributed by atoms with Crippen molar-refractivity contribution in [3.8, 4) is 5.75 Å². The van der Waals surface area contributed by atoms with Gasteiger partial charge in [0, 0.05) is 12.1 Å². The van der Waals surface area contributed by atoms with Crippen LogP contribution in [0.5, 0.6) is 5.75 Å². The lowest BCUT2D eigenvalue weighted by molar-refractivity contribution is -0.140. The molecule has 0 aliphatic carbocycles. The molecule has 2 amide bonds. The second kappa shape index (κ2) is 13.5. The summed E-state index contributed by atoms with van der Waals surface area (Å²) in [5, 5.41) is 2.98. The van der Waals surface area contributed by atoms with Crippen LogP contribution in [0.2, 0.25) is 0 Å². The fraction of sp³-hybridized carbons (Fsp3) is 0.355. The van der Waals surface area contributed by atoms with E-state index in [0.29, 0.717) is 24.3 Å². The van der Waals surface area contributed by atoms with E-state index in [1.807, 2.05) is 58.0 Å². The van der Waals surface area contributed by atoms with Gasteiger partial charge in [0.15, 0.2) is 0 Å². The van der Waals surface area contributed by atoms with Crippen molar-refractivity contribution < 1.29 is 22.7 Å². The second-order valence-corrected chi connectivity index (χ2v) is 12.4. The summed E-state index contributed by atoms with van der Waals surface area (Å²) >= 11 is 0. The number of nitrogens with zero attached hydrogens (tertiary/aromatic N) is 2. The van der Waals surface area contributed by atoms with Gasteiger partial charge in [-0.3, -0.25) is 13.9 Å². The maximum absolute atomic E-state index is 14.0. The smallest absolute Gasteiger partial charge is 0.264 e. The summed E-state index contributed by atoms with van der Waals surface area (Å²) in [5.74, 6) is -0.225. The van der Waals surface area contributed by atoms with Crippen molar-refractivity contribution in [2.24, 2.45) is 0 Å². The third kappa shape index (κ3) is 8.08. The van der Waals surface area contributed by atoms with E-state index in [-0.39, 0.29) is 17.3 Å². The van der Waals surface area contributed by atoms with Crippen LogP contribution in [0, 0.1) is 0 Å². The molecule has 0 heterocycles. The predicted octanol–water partition coefficient (Wildman–Crippen LogP) is 4.66. The van der Waals surface area contributed by atoms with Gasteiger partial charge in [-0.1, -0.05) is 55.5 Å². The third-order valence-corrected chi connectivity index (χ3v) is 8.13. The first-order valence-corrected chi connectivity index (χ1v) is 14.8. The number of hydrogen-bond acceptors (Lipinski definition) is 5. The number of ether oxygens (including phenoxy) is 1. The molecule has 1 N–H and O–H groups in total. The number of carbonyl (C=O) groups is 2. The first-order chi connectivity index (χ1) is 19.0. The first kappa shape index (κ1) is 30.7. The van der Waals surface area contributed by atoms with Crippen LogP contribution in [-0.2, 0) is 26.0 Å². The van der Waals surface area contributed by atoms with Gasteiger partial charge in [-0.25, -0.2) is 8.42 Å². The Morgan fingerprint density at radius 3 is 2.00 bits per heavy atom. The minimum absolute atomic E-state index is 0.0262. The minimum Gasteiger partial charge on any atom is -0.497 e. The highest BCUT2D eigenvalue weighted by Crippen LogP contribution is 2.25. The van der Waals surface area contributed by atoms with Gasteiger partial charge in [0.2, 0.25) is 11.8 Å². The zero-order chi connectivity index (χ0) is 29.3. The number of anilines is 1. The molecule has 1 atom stereocenters. The highest BCUT2D eigenvalue weighted by molar-refractivity contribution is 7.92. The Balaban J connectivity index is 1.99. The zero-order valence-electron chi connectivity index (χ0n) is 23.8. The molecule has 0 aliphatic heterocycles. The molecule has 0 aromatic heterocycles. The van der Waals surface area contributed by atoms with Crippen LogP contribution in [0.1, 0.15) is 39.7 Å². The molecular weight excluding hydrogens is 526 g/mol. The summed E-state index contributed by atoms with van der Waals surface area (Å²) in [6, 6.07) is 23.4. The summed E-state index contributed by atoms with van der Waals surface area (Å²) in [4.78, 5) is 28.9. The summed E-state index contributed by atoms with van der Waals surface area (Å²) in [7, 11) is -2.62. The van der Waals surface area contributed by atoms with Crippen molar-refractivity contribution in [1.29, 1.82) is 0 Å². The van der Waals surface area contributed by atoms with Gasteiger partial charge in [-0.05, 0) is 75.6 Å². The Morgan fingerprint density at radius 1 is 0.900 bits per heavy atom. The van der Waals surface area contributed by atoms with Crippen molar-refractivity contribution in [1.82, 2.24) is 10.2 Å². The number of rotatable bonds is 12. The summed E-state index contributed by atoms with van der Waals surface area (Å²) in [5.41, 5.74) is 0.867. The number of carbonyl (C=O) groups excluding carboxylic acids is 2. The lowest BCUT2D eigenvalue weighted by atomic mass is 10.1. The fourth-order valence-electron chi connectivity index (χ4n) is 4.35. The fourth-order valence-corrected chi connectivity index (χ4v) is 5.76. The van der Waals surface area contributed by atoms with Crippen molar-refractivity contribution in [3.05, 3.63) is 90.5 Å². The normalized spacial score (nSPS) is 12.3. The van der Waals surface area contributed by atoms with Gasteiger partial charge in [0.05, 0.1) is 17.7 Å². The molecule has 3 rings (SSSR count). The molecule has 0 bridgehead atoms. The molecule has 0 aliphatic rings. The number of methoxy groups -OCH3 is 1. The number of amides is 2. The average Bonchev–Trinajstić information content (AvgIpc) is 2.93. The molecule has 3 aromatic carbocycles. The summed E-state index contributed by atoms with van der Waals surface area (Å²) < 4.78 is 34.0. The molecule has 3 aromatic rings. The number of nitrogens with one attached hydrogen (secondary N) is 1. The zero-order valence-corrected chi connectivity index (χ0v) is 24.6. The Kier molecular flexibility index (Phi) is 10.3. The first-order valence-electron chi connectivity index (χ1n) is 13.3. The Bertz CT molecular complexity index is 1360. The van der Waals surface area contributed by atoms with Crippen LogP contribution in [0.3, 0.4) is 0 Å². The quantitative estimate of drug-likeness (QED) is 0.345. The largest absolute Gasteiger partial charge is 0.497 e. The number of para-hydroxylation sites is 1. The molecule has 214 valence electrons. The molecular formula is C31H39N3O5S. The van der Waals surface area contributed by atoms with Crippen LogP contribution in [0.15, 0.2) is 89.8 Å². The van der Waals surface area contributed by atoms with Crippen LogP contribution in [0.4, 0.5) is 5.69 Å². The lowest BCUT2D eigenvalue weighted by Gasteiger charge is -2.34. The SMILES string of the molecule is CC[C@H](C(=O)NC(C)(C)C)N(CCc1ccccc1)C(=O)CN(c1ccccc1)S(=O)(=O)c1ccc(OC)cc1. The average molecular weight is 566 g/mol. The molecule has 8 nitrogen and oxygen atoms in total. The van der Waals surface area contributed by atoms with Crippen LogP contribution < -0.4 is 14.4 Å². The molecule has 0 saturated heterocycles. The maximum Gasteiger partial charge on any atom is 0.264 e. The van der Waals surface area contributed by atoms with Gasteiger partial charge >= 0.3 is 0 Å². The van der Waals surface area contributed by atoms with E-state index in [4.69, 9.17) is 4.74 Å². The van der Waals surface area contributed by atoms with Gasteiger partial charge in [0.1, 0.15) is 18.3 Å². The molecule has 0 fully saturated rings. The van der Waals surface area contributed by atoms with E-state index >= 15 is 0 Å². The highest BCUT2D eigenvalue weighted by Gasteiger charge is 2.34. The summed E-state index contributed by atoms with van der Waals surface area (Å²) in [6.07, 6.45) is 0.890. The Labute approximate surface area is 238 Å². The lowest BCUT2D eigenvalue weighted by Crippen LogP contribution is -2.56. The van der Waals surface area contributed by atoms with E-state index in [1.54, 1.807) is 42.5 Å². The number of sulfonamides is 1. The molecule has 0 saturated carbocycles. The van der Waals surface area contributed by atoms with E-state index < -0.39 is 34.1 Å². The Hall–Kier alpha value is -3.85.